The summed E-state index contributed by atoms with van der Waals surface area (Å²) in [5.41, 5.74) is 1.04. The highest BCUT2D eigenvalue weighted by Crippen LogP contribution is 2.28. The molecule has 1 aromatic carbocycles. The van der Waals surface area contributed by atoms with E-state index in [1.165, 1.54) is 4.88 Å². The molecule has 1 aromatic heterocycles. The Morgan fingerprint density at radius 3 is 2.68 bits per heavy atom. The minimum Gasteiger partial charge on any atom is -0.309 e. The minimum atomic E-state index is 0.232. The molecule has 25 heavy (non-hydrogen) atoms. The highest BCUT2D eigenvalue weighted by molar-refractivity contribution is 7.09. The molecule has 0 aliphatic carbocycles. The summed E-state index contributed by atoms with van der Waals surface area (Å²) in [6.07, 6.45) is 2.73. The van der Waals surface area contributed by atoms with Crippen LogP contribution >= 0.6 is 11.3 Å². The van der Waals surface area contributed by atoms with Gasteiger partial charge in [0, 0.05) is 42.7 Å². The second kappa shape index (κ2) is 8.63. The van der Waals surface area contributed by atoms with Crippen molar-refractivity contribution in [1.29, 1.82) is 0 Å². The third-order valence-corrected chi connectivity index (χ3v) is 6.07. The Bertz CT molecular complexity index is 656. The van der Waals surface area contributed by atoms with Gasteiger partial charge in [-0.2, -0.15) is 0 Å². The van der Waals surface area contributed by atoms with Gasteiger partial charge in [0.25, 0.3) is 0 Å². The van der Waals surface area contributed by atoms with E-state index in [1.807, 2.05) is 36.5 Å². The van der Waals surface area contributed by atoms with E-state index in [1.54, 1.807) is 0 Å². The summed E-state index contributed by atoms with van der Waals surface area (Å²) in [7, 11) is 0. The SMILES string of the molecule is CCC(=O)N(c1ccccc1)[C@@H]1CCN(CCc2cccs2)C[C@H]1C. The number of amides is 1. The Kier molecular flexibility index (Phi) is 6.27. The number of nitrogens with zero attached hydrogens (tertiary/aromatic N) is 2. The van der Waals surface area contributed by atoms with Crippen molar-refractivity contribution in [3.8, 4) is 0 Å². The maximum absolute atomic E-state index is 12.6. The number of rotatable bonds is 6. The van der Waals surface area contributed by atoms with E-state index in [9.17, 15) is 4.79 Å². The number of hydrogen-bond donors (Lipinski definition) is 0. The van der Waals surface area contributed by atoms with Crippen molar-refractivity contribution in [2.45, 2.75) is 39.2 Å². The summed E-state index contributed by atoms with van der Waals surface area (Å²) >= 11 is 1.84. The van der Waals surface area contributed by atoms with E-state index in [2.05, 4.69) is 46.4 Å². The average molecular weight is 357 g/mol. The number of thiophene rings is 1. The van der Waals surface area contributed by atoms with Crippen molar-refractivity contribution in [3.63, 3.8) is 0 Å². The molecule has 0 bridgehead atoms. The van der Waals surface area contributed by atoms with E-state index in [0.29, 0.717) is 18.4 Å². The van der Waals surface area contributed by atoms with Crippen LogP contribution in [0.3, 0.4) is 0 Å². The number of likely N-dealkylation sites (tertiary alicyclic amines) is 1. The minimum absolute atomic E-state index is 0.232. The van der Waals surface area contributed by atoms with Crippen molar-refractivity contribution in [2.24, 2.45) is 5.92 Å². The Hall–Kier alpha value is -1.65. The molecule has 4 heteroatoms. The quantitative estimate of drug-likeness (QED) is 0.764. The fourth-order valence-electron chi connectivity index (χ4n) is 3.81. The van der Waals surface area contributed by atoms with Crippen LogP contribution in [0, 0.1) is 5.92 Å². The molecular weight excluding hydrogens is 328 g/mol. The fraction of sp³-hybridized carbons (Fsp3) is 0.476. The first-order valence-electron chi connectivity index (χ1n) is 9.31. The monoisotopic (exact) mass is 356 g/mol. The first-order valence-corrected chi connectivity index (χ1v) is 10.2. The zero-order chi connectivity index (χ0) is 17.6. The number of carbonyl (C=O) groups is 1. The molecule has 3 rings (SSSR count). The zero-order valence-electron chi connectivity index (χ0n) is 15.2. The normalized spacial score (nSPS) is 21.2. The van der Waals surface area contributed by atoms with Crippen molar-refractivity contribution < 1.29 is 4.79 Å². The van der Waals surface area contributed by atoms with Crippen LogP contribution < -0.4 is 4.90 Å². The van der Waals surface area contributed by atoms with Gasteiger partial charge in [0.1, 0.15) is 0 Å². The molecule has 2 aromatic rings. The molecule has 2 atom stereocenters. The molecule has 1 aliphatic rings. The molecule has 1 aliphatic heterocycles. The molecule has 2 heterocycles. The number of anilines is 1. The molecule has 134 valence electrons. The Labute approximate surface area is 155 Å². The molecule has 0 N–H and O–H groups in total. The first-order chi connectivity index (χ1) is 12.2. The van der Waals surface area contributed by atoms with Gasteiger partial charge in [-0.25, -0.2) is 0 Å². The molecule has 3 nitrogen and oxygen atoms in total. The molecule has 1 amide bonds. The van der Waals surface area contributed by atoms with Gasteiger partial charge in [0.05, 0.1) is 0 Å². The third kappa shape index (κ3) is 4.50. The Morgan fingerprint density at radius 1 is 1.24 bits per heavy atom. The van der Waals surface area contributed by atoms with Crippen LogP contribution in [0.4, 0.5) is 5.69 Å². The number of carbonyl (C=O) groups excluding carboxylic acids is 1. The Balaban J connectivity index is 1.65. The summed E-state index contributed by atoms with van der Waals surface area (Å²) in [6.45, 7) is 7.50. The van der Waals surface area contributed by atoms with Crippen LogP contribution in [0.2, 0.25) is 0 Å². The number of hydrogen-bond acceptors (Lipinski definition) is 3. The maximum atomic E-state index is 12.6. The van der Waals surface area contributed by atoms with Crippen LogP contribution in [0.5, 0.6) is 0 Å². The van der Waals surface area contributed by atoms with Crippen LogP contribution in [-0.4, -0.2) is 36.5 Å². The van der Waals surface area contributed by atoms with Gasteiger partial charge >= 0.3 is 0 Å². The van der Waals surface area contributed by atoms with Gasteiger partial charge in [0.2, 0.25) is 5.91 Å². The summed E-state index contributed by atoms with van der Waals surface area (Å²) in [4.78, 5) is 18.7. The molecule has 0 saturated carbocycles. The number of para-hydroxylation sites is 1. The molecule has 0 unspecified atom stereocenters. The van der Waals surface area contributed by atoms with Crippen molar-refractivity contribution in [2.75, 3.05) is 24.5 Å². The van der Waals surface area contributed by atoms with Gasteiger partial charge in [-0.15, -0.1) is 11.3 Å². The van der Waals surface area contributed by atoms with Crippen LogP contribution in [0.25, 0.3) is 0 Å². The predicted molar refractivity (Wildman–Crippen MR) is 106 cm³/mol. The van der Waals surface area contributed by atoms with Gasteiger partial charge in [-0.1, -0.05) is 38.1 Å². The largest absolute Gasteiger partial charge is 0.309 e. The smallest absolute Gasteiger partial charge is 0.226 e. The fourth-order valence-corrected chi connectivity index (χ4v) is 4.51. The highest BCUT2D eigenvalue weighted by Gasteiger charge is 2.33. The molecular formula is C21H28N2OS. The molecule has 0 radical (unpaired) electrons. The van der Waals surface area contributed by atoms with E-state index >= 15 is 0 Å². The Morgan fingerprint density at radius 2 is 2.04 bits per heavy atom. The molecule has 0 spiro atoms. The molecule has 1 saturated heterocycles. The summed E-state index contributed by atoms with van der Waals surface area (Å²) < 4.78 is 0. The second-order valence-corrected chi connectivity index (χ2v) is 7.95. The predicted octanol–water partition coefficient (Wildman–Crippen LogP) is 4.44. The summed E-state index contributed by atoms with van der Waals surface area (Å²) in [5, 5.41) is 2.15. The lowest BCUT2D eigenvalue weighted by atomic mass is 9.91. The topological polar surface area (TPSA) is 23.6 Å². The van der Waals surface area contributed by atoms with E-state index < -0.39 is 0 Å². The molecule has 1 fully saturated rings. The number of piperidine rings is 1. The summed E-state index contributed by atoms with van der Waals surface area (Å²) in [5.74, 6) is 0.711. The van der Waals surface area contributed by atoms with Crippen LogP contribution in [0.15, 0.2) is 47.8 Å². The lowest BCUT2D eigenvalue weighted by Crippen LogP contribution is -2.52. The number of benzene rings is 1. The lowest BCUT2D eigenvalue weighted by Gasteiger charge is -2.42. The van der Waals surface area contributed by atoms with Crippen LogP contribution in [0.1, 0.15) is 31.6 Å². The van der Waals surface area contributed by atoms with Crippen molar-refractivity contribution >= 4 is 22.9 Å². The third-order valence-electron chi connectivity index (χ3n) is 5.14. The van der Waals surface area contributed by atoms with Gasteiger partial charge in [-0.3, -0.25) is 4.79 Å². The van der Waals surface area contributed by atoms with Crippen molar-refractivity contribution in [1.82, 2.24) is 4.90 Å². The summed E-state index contributed by atoms with van der Waals surface area (Å²) in [6, 6.07) is 14.8. The maximum Gasteiger partial charge on any atom is 0.226 e. The van der Waals surface area contributed by atoms with E-state index in [-0.39, 0.29) is 5.91 Å². The standard InChI is InChI=1S/C21H28N2OS/c1-3-21(24)23(18-8-5-4-6-9-18)20-12-14-22(16-17(20)2)13-11-19-10-7-15-25-19/h4-10,15,17,20H,3,11-14,16H2,1-2H3/t17-,20-/m1/s1. The van der Waals surface area contributed by atoms with Gasteiger partial charge in [0.15, 0.2) is 0 Å². The highest BCUT2D eigenvalue weighted by atomic mass is 32.1. The first kappa shape index (κ1) is 18.2. The average Bonchev–Trinajstić information content (AvgIpc) is 3.16. The van der Waals surface area contributed by atoms with Gasteiger partial charge in [-0.05, 0) is 42.3 Å². The van der Waals surface area contributed by atoms with Crippen LogP contribution in [-0.2, 0) is 11.2 Å². The lowest BCUT2D eigenvalue weighted by molar-refractivity contribution is -0.119. The van der Waals surface area contributed by atoms with Crippen molar-refractivity contribution in [3.05, 3.63) is 52.7 Å². The zero-order valence-corrected chi connectivity index (χ0v) is 16.0. The van der Waals surface area contributed by atoms with E-state index in [0.717, 1.165) is 38.2 Å². The van der Waals surface area contributed by atoms with Gasteiger partial charge < -0.3 is 9.80 Å². The second-order valence-electron chi connectivity index (χ2n) is 6.92. The van der Waals surface area contributed by atoms with E-state index in [4.69, 9.17) is 0 Å².